The van der Waals surface area contributed by atoms with Crippen LogP contribution in [-0.2, 0) is 16.0 Å². The Morgan fingerprint density at radius 2 is 2.38 bits per heavy atom. The van der Waals surface area contributed by atoms with E-state index in [0.29, 0.717) is 17.9 Å². The molecule has 4 nitrogen and oxygen atoms in total. The fraction of sp³-hybridized carbons (Fsp3) is 0.364. The van der Waals surface area contributed by atoms with Crippen LogP contribution in [0.3, 0.4) is 0 Å². The van der Waals surface area contributed by atoms with Gasteiger partial charge in [-0.1, -0.05) is 0 Å². The number of ether oxygens (including phenoxy) is 1. The topological polar surface area (TPSA) is 58.6 Å². The van der Waals surface area contributed by atoms with E-state index in [1.807, 2.05) is 5.48 Å². The van der Waals surface area contributed by atoms with Gasteiger partial charge in [0, 0.05) is 7.85 Å². The summed E-state index contributed by atoms with van der Waals surface area (Å²) < 4.78 is 18.0. The molecule has 2 N–H and O–H groups in total. The number of rotatable bonds is 5. The molecule has 0 atom stereocenters. The van der Waals surface area contributed by atoms with E-state index in [1.165, 1.54) is 18.2 Å². The molecule has 0 aromatic heterocycles. The molecule has 0 amide bonds. The number of hydrogen-bond donors (Lipinski definition) is 2. The molecular weight excluding hydrogens is 213 g/mol. The maximum atomic E-state index is 13.3. The lowest BCUT2D eigenvalue weighted by atomic mass is 10.1. The SMILES string of the molecule is CCOC(=O)CCc1cc(NO)ccc1F.[HH]. The number of esters is 1. The van der Waals surface area contributed by atoms with Gasteiger partial charge >= 0.3 is 5.97 Å². The van der Waals surface area contributed by atoms with Gasteiger partial charge in [-0.05, 0) is 37.1 Å². The van der Waals surface area contributed by atoms with Crippen LogP contribution in [0.2, 0.25) is 0 Å². The molecule has 0 unspecified atom stereocenters. The molecule has 0 aliphatic heterocycles. The minimum Gasteiger partial charge on any atom is -0.466 e. The molecule has 0 aliphatic rings. The zero-order valence-electron chi connectivity index (χ0n) is 9.00. The van der Waals surface area contributed by atoms with Crippen LogP contribution < -0.4 is 5.48 Å². The van der Waals surface area contributed by atoms with E-state index in [0.717, 1.165) is 0 Å². The number of carbonyl (C=O) groups is 1. The number of anilines is 1. The van der Waals surface area contributed by atoms with Crippen molar-refractivity contribution in [2.45, 2.75) is 19.8 Å². The predicted molar refractivity (Wildman–Crippen MR) is 58.9 cm³/mol. The summed E-state index contributed by atoms with van der Waals surface area (Å²) in [7, 11) is 0. The van der Waals surface area contributed by atoms with E-state index in [-0.39, 0.29) is 20.2 Å². The smallest absolute Gasteiger partial charge is 0.306 e. The van der Waals surface area contributed by atoms with Crippen LogP contribution in [0, 0.1) is 5.82 Å². The Morgan fingerprint density at radius 1 is 1.62 bits per heavy atom. The van der Waals surface area contributed by atoms with Crippen LogP contribution >= 0.6 is 0 Å². The maximum Gasteiger partial charge on any atom is 0.306 e. The van der Waals surface area contributed by atoms with Crippen molar-refractivity contribution in [2.24, 2.45) is 0 Å². The molecule has 16 heavy (non-hydrogen) atoms. The van der Waals surface area contributed by atoms with Gasteiger partial charge in [0.15, 0.2) is 0 Å². The van der Waals surface area contributed by atoms with E-state index < -0.39 is 5.82 Å². The fourth-order valence-corrected chi connectivity index (χ4v) is 1.31. The first kappa shape index (κ1) is 12.4. The summed E-state index contributed by atoms with van der Waals surface area (Å²) in [6.45, 7) is 2.04. The van der Waals surface area contributed by atoms with Crippen LogP contribution in [0.15, 0.2) is 18.2 Å². The molecule has 90 valence electrons. The Bertz CT molecular complexity index is 374. The summed E-state index contributed by atoms with van der Waals surface area (Å²) in [6.07, 6.45) is 0.375. The van der Waals surface area contributed by atoms with E-state index in [1.54, 1.807) is 6.92 Å². The highest BCUT2D eigenvalue weighted by atomic mass is 19.1. The van der Waals surface area contributed by atoms with Gasteiger partial charge < -0.3 is 4.74 Å². The second-order valence-corrected chi connectivity index (χ2v) is 3.22. The lowest BCUT2D eigenvalue weighted by Gasteiger charge is -2.05. The summed E-state index contributed by atoms with van der Waals surface area (Å²) in [4.78, 5) is 11.1. The molecule has 1 aromatic rings. The zero-order valence-corrected chi connectivity index (χ0v) is 9.00. The Labute approximate surface area is 94.5 Å². The van der Waals surface area contributed by atoms with Crippen molar-refractivity contribution < 1.29 is 20.6 Å². The number of nitrogens with one attached hydrogen (secondary N) is 1. The molecule has 0 bridgehead atoms. The number of halogens is 1. The molecular formula is C11H16FNO3. The molecule has 1 rings (SSSR count). The lowest BCUT2D eigenvalue weighted by molar-refractivity contribution is -0.143. The third-order valence-electron chi connectivity index (χ3n) is 2.08. The van der Waals surface area contributed by atoms with Crippen molar-refractivity contribution in [3.05, 3.63) is 29.6 Å². The molecule has 0 radical (unpaired) electrons. The molecule has 1 aromatic carbocycles. The van der Waals surface area contributed by atoms with E-state index in [4.69, 9.17) is 9.94 Å². The van der Waals surface area contributed by atoms with Gasteiger partial charge in [0.1, 0.15) is 5.82 Å². The van der Waals surface area contributed by atoms with Crippen LogP contribution in [0.5, 0.6) is 0 Å². The fourth-order valence-electron chi connectivity index (χ4n) is 1.31. The summed E-state index contributed by atoms with van der Waals surface area (Å²) in [5.74, 6) is -0.757. The Morgan fingerprint density at radius 3 is 3.00 bits per heavy atom. The highest BCUT2D eigenvalue weighted by Gasteiger charge is 2.07. The number of benzene rings is 1. The summed E-state index contributed by atoms with van der Waals surface area (Å²) in [6, 6.07) is 4.09. The van der Waals surface area contributed by atoms with Crippen molar-refractivity contribution in [3.63, 3.8) is 0 Å². The highest BCUT2D eigenvalue weighted by Crippen LogP contribution is 2.16. The van der Waals surface area contributed by atoms with Gasteiger partial charge in [0.2, 0.25) is 0 Å². The second kappa shape index (κ2) is 6.07. The molecule has 0 fully saturated rings. The van der Waals surface area contributed by atoms with Gasteiger partial charge in [-0.25, -0.2) is 4.39 Å². The van der Waals surface area contributed by atoms with Crippen LogP contribution in [0.25, 0.3) is 0 Å². The van der Waals surface area contributed by atoms with Gasteiger partial charge in [-0.3, -0.25) is 15.5 Å². The number of carbonyl (C=O) groups excluding carboxylic acids is 1. The quantitative estimate of drug-likeness (QED) is 0.601. The third-order valence-corrected chi connectivity index (χ3v) is 2.08. The molecule has 0 aliphatic carbocycles. The van der Waals surface area contributed by atoms with Crippen molar-refractivity contribution in [3.8, 4) is 0 Å². The summed E-state index contributed by atoms with van der Waals surface area (Å²) >= 11 is 0. The minimum atomic E-state index is -0.400. The van der Waals surface area contributed by atoms with Crippen LogP contribution in [0.1, 0.15) is 20.3 Å². The number of aryl methyl sites for hydroxylation is 1. The number of hydrogen-bond acceptors (Lipinski definition) is 4. The predicted octanol–water partition coefficient (Wildman–Crippen LogP) is 2.37. The Kier molecular flexibility index (Phi) is 4.72. The van der Waals surface area contributed by atoms with Crippen molar-refractivity contribution in [1.82, 2.24) is 0 Å². The van der Waals surface area contributed by atoms with Crippen molar-refractivity contribution in [1.29, 1.82) is 0 Å². The largest absolute Gasteiger partial charge is 0.466 e. The standard InChI is InChI=1S/C11H14FNO3.H2/c1-2-16-11(14)6-3-8-7-9(13-15)4-5-10(8)12;/h4-5,7,13,15H,2-3,6H2,1H3;1H. The zero-order chi connectivity index (χ0) is 12.0. The average Bonchev–Trinajstić information content (AvgIpc) is 2.28. The van der Waals surface area contributed by atoms with E-state index in [2.05, 4.69) is 0 Å². The molecule has 5 heteroatoms. The maximum absolute atomic E-state index is 13.3. The molecule has 0 saturated heterocycles. The first-order valence-electron chi connectivity index (χ1n) is 5.01. The Balaban J connectivity index is 0.00000256. The first-order chi connectivity index (χ1) is 7.67. The highest BCUT2D eigenvalue weighted by molar-refractivity contribution is 5.69. The molecule has 0 spiro atoms. The molecule has 0 heterocycles. The Hall–Kier alpha value is -1.62. The van der Waals surface area contributed by atoms with Crippen molar-refractivity contribution >= 4 is 11.7 Å². The summed E-state index contributed by atoms with van der Waals surface area (Å²) in [5, 5.41) is 8.65. The van der Waals surface area contributed by atoms with Gasteiger partial charge in [-0.15, -0.1) is 0 Å². The average molecular weight is 229 g/mol. The van der Waals surface area contributed by atoms with E-state index in [9.17, 15) is 9.18 Å². The molecule has 0 saturated carbocycles. The van der Waals surface area contributed by atoms with Gasteiger partial charge in [0.25, 0.3) is 0 Å². The monoisotopic (exact) mass is 229 g/mol. The lowest BCUT2D eigenvalue weighted by Crippen LogP contribution is -2.06. The van der Waals surface area contributed by atoms with Crippen LogP contribution in [-0.4, -0.2) is 17.8 Å². The normalized spacial score (nSPS) is 9.94. The third kappa shape index (κ3) is 3.51. The minimum absolute atomic E-state index is 0. The van der Waals surface area contributed by atoms with E-state index >= 15 is 0 Å². The first-order valence-corrected chi connectivity index (χ1v) is 5.01. The van der Waals surface area contributed by atoms with Crippen molar-refractivity contribution in [2.75, 3.05) is 12.1 Å². The second-order valence-electron chi connectivity index (χ2n) is 3.22. The van der Waals surface area contributed by atoms with Crippen LogP contribution in [0.4, 0.5) is 10.1 Å². The summed E-state index contributed by atoms with van der Waals surface area (Å²) in [5.41, 5.74) is 2.68. The van der Waals surface area contributed by atoms with Gasteiger partial charge in [-0.2, -0.15) is 0 Å². The van der Waals surface area contributed by atoms with Gasteiger partial charge in [0.05, 0.1) is 12.3 Å².